The molecule has 19 heavy (non-hydrogen) atoms. The second kappa shape index (κ2) is 5.72. The molecule has 0 spiro atoms. The molecule has 1 fully saturated rings. The molecule has 1 aromatic heterocycles. The SMILES string of the molecule is CC(C)(C)N(C(=O)c1ccccn1)C1CCCCC1. The largest absolute Gasteiger partial charge is 0.329 e. The van der Waals surface area contributed by atoms with Crippen LogP contribution in [0.25, 0.3) is 0 Å². The third-order valence-electron chi connectivity index (χ3n) is 3.77. The maximum atomic E-state index is 12.8. The third-order valence-corrected chi connectivity index (χ3v) is 3.77. The van der Waals surface area contributed by atoms with Crippen molar-refractivity contribution >= 4 is 5.91 Å². The molecule has 0 aliphatic heterocycles. The molecule has 1 saturated carbocycles. The first-order chi connectivity index (χ1) is 9.00. The number of nitrogens with zero attached hydrogens (tertiary/aromatic N) is 2. The van der Waals surface area contributed by atoms with E-state index in [1.165, 1.54) is 19.3 Å². The van der Waals surface area contributed by atoms with Crippen molar-refractivity contribution in [1.29, 1.82) is 0 Å². The van der Waals surface area contributed by atoms with Gasteiger partial charge in [-0.2, -0.15) is 0 Å². The van der Waals surface area contributed by atoms with Gasteiger partial charge in [0.05, 0.1) is 0 Å². The summed E-state index contributed by atoms with van der Waals surface area (Å²) in [6, 6.07) is 5.90. The molecule has 1 aliphatic rings. The van der Waals surface area contributed by atoms with Gasteiger partial charge in [0.15, 0.2) is 0 Å². The molecule has 1 aromatic rings. The monoisotopic (exact) mass is 260 g/mol. The summed E-state index contributed by atoms with van der Waals surface area (Å²) in [4.78, 5) is 19.0. The molecule has 2 rings (SSSR count). The van der Waals surface area contributed by atoms with Crippen LogP contribution in [0.5, 0.6) is 0 Å². The van der Waals surface area contributed by atoms with Crippen molar-refractivity contribution < 1.29 is 4.79 Å². The van der Waals surface area contributed by atoms with Crippen molar-refractivity contribution in [2.75, 3.05) is 0 Å². The van der Waals surface area contributed by atoms with Crippen LogP contribution < -0.4 is 0 Å². The van der Waals surface area contributed by atoms with Crippen LogP contribution in [0.2, 0.25) is 0 Å². The Morgan fingerprint density at radius 2 is 1.89 bits per heavy atom. The molecule has 3 nitrogen and oxygen atoms in total. The average Bonchev–Trinajstić information content (AvgIpc) is 2.39. The van der Waals surface area contributed by atoms with E-state index in [2.05, 4.69) is 30.7 Å². The molecule has 1 heterocycles. The third kappa shape index (κ3) is 3.34. The van der Waals surface area contributed by atoms with Gasteiger partial charge in [-0.15, -0.1) is 0 Å². The number of carbonyl (C=O) groups excluding carboxylic acids is 1. The highest BCUT2D eigenvalue weighted by atomic mass is 16.2. The van der Waals surface area contributed by atoms with Crippen LogP contribution in [0.3, 0.4) is 0 Å². The maximum absolute atomic E-state index is 12.8. The van der Waals surface area contributed by atoms with Crippen LogP contribution in [-0.2, 0) is 0 Å². The fourth-order valence-corrected chi connectivity index (χ4v) is 2.97. The van der Waals surface area contributed by atoms with Crippen LogP contribution in [0, 0.1) is 0 Å². The molecular weight excluding hydrogens is 236 g/mol. The predicted molar refractivity (Wildman–Crippen MR) is 77.0 cm³/mol. The minimum Gasteiger partial charge on any atom is -0.329 e. The molecule has 104 valence electrons. The first-order valence-electron chi connectivity index (χ1n) is 7.25. The Morgan fingerprint density at radius 1 is 1.21 bits per heavy atom. The summed E-state index contributed by atoms with van der Waals surface area (Å²) >= 11 is 0. The van der Waals surface area contributed by atoms with Crippen LogP contribution in [-0.4, -0.2) is 27.4 Å². The Kier molecular flexibility index (Phi) is 4.23. The van der Waals surface area contributed by atoms with Gasteiger partial charge >= 0.3 is 0 Å². The molecule has 0 saturated heterocycles. The number of carbonyl (C=O) groups is 1. The summed E-state index contributed by atoms with van der Waals surface area (Å²) in [6.45, 7) is 6.34. The molecule has 1 aliphatic carbocycles. The van der Waals surface area contributed by atoms with Crippen molar-refractivity contribution in [2.24, 2.45) is 0 Å². The van der Waals surface area contributed by atoms with Gasteiger partial charge in [0.1, 0.15) is 5.69 Å². The molecule has 0 N–H and O–H groups in total. The number of aromatic nitrogens is 1. The van der Waals surface area contributed by atoms with Crippen molar-refractivity contribution in [3.63, 3.8) is 0 Å². The Bertz CT molecular complexity index is 416. The van der Waals surface area contributed by atoms with Crippen molar-refractivity contribution in [3.8, 4) is 0 Å². The van der Waals surface area contributed by atoms with Gasteiger partial charge < -0.3 is 4.90 Å². The number of amides is 1. The predicted octanol–water partition coefficient (Wildman–Crippen LogP) is 3.66. The molecule has 1 amide bonds. The van der Waals surface area contributed by atoms with Crippen LogP contribution >= 0.6 is 0 Å². The highest BCUT2D eigenvalue weighted by molar-refractivity contribution is 5.93. The van der Waals surface area contributed by atoms with E-state index >= 15 is 0 Å². The van der Waals surface area contributed by atoms with Crippen molar-refractivity contribution in [2.45, 2.75) is 64.5 Å². The summed E-state index contributed by atoms with van der Waals surface area (Å²) in [5.41, 5.74) is 0.402. The van der Waals surface area contributed by atoms with Crippen molar-refractivity contribution in [1.82, 2.24) is 9.88 Å². The first-order valence-corrected chi connectivity index (χ1v) is 7.25. The minimum absolute atomic E-state index is 0.0694. The van der Waals surface area contributed by atoms with E-state index < -0.39 is 0 Å². The number of hydrogen-bond donors (Lipinski definition) is 0. The van der Waals surface area contributed by atoms with E-state index in [9.17, 15) is 4.79 Å². The van der Waals surface area contributed by atoms with E-state index in [0.717, 1.165) is 12.8 Å². The number of pyridine rings is 1. The van der Waals surface area contributed by atoms with Gasteiger partial charge in [-0.3, -0.25) is 9.78 Å². The number of hydrogen-bond acceptors (Lipinski definition) is 2. The topological polar surface area (TPSA) is 33.2 Å². The lowest BCUT2D eigenvalue weighted by molar-refractivity contribution is 0.0361. The van der Waals surface area contributed by atoms with Gasteiger partial charge in [0, 0.05) is 17.8 Å². The fourth-order valence-electron chi connectivity index (χ4n) is 2.97. The van der Waals surface area contributed by atoms with Crippen LogP contribution in [0.4, 0.5) is 0 Å². The molecule has 0 aromatic carbocycles. The Balaban J connectivity index is 2.25. The molecular formula is C16H24N2O. The normalized spacial score (nSPS) is 17.2. The van der Waals surface area contributed by atoms with Crippen LogP contribution in [0.15, 0.2) is 24.4 Å². The summed E-state index contributed by atoms with van der Waals surface area (Å²) < 4.78 is 0. The van der Waals surface area contributed by atoms with Gasteiger partial charge in [0.2, 0.25) is 0 Å². The minimum atomic E-state index is -0.156. The summed E-state index contributed by atoms with van der Waals surface area (Å²) in [7, 11) is 0. The highest BCUT2D eigenvalue weighted by Gasteiger charge is 2.34. The average molecular weight is 260 g/mol. The molecule has 0 atom stereocenters. The smallest absolute Gasteiger partial charge is 0.273 e. The molecule has 3 heteroatoms. The Hall–Kier alpha value is -1.38. The van der Waals surface area contributed by atoms with Gasteiger partial charge in [-0.05, 0) is 45.7 Å². The lowest BCUT2D eigenvalue weighted by Gasteiger charge is -2.43. The van der Waals surface area contributed by atoms with Gasteiger partial charge in [-0.1, -0.05) is 25.3 Å². The number of rotatable bonds is 2. The van der Waals surface area contributed by atoms with E-state index in [-0.39, 0.29) is 11.4 Å². The molecule has 0 bridgehead atoms. The highest BCUT2D eigenvalue weighted by Crippen LogP contribution is 2.29. The second-order valence-electron chi connectivity index (χ2n) is 6.35. The van der Waals surface area contributed by atoms with Crippen LogP contribution in [0.1, 0.15) is 63.4 Å². The fraction of sp³-hybridized carbons (Fsp3) is 0.625. The molecule has 0 radical (unpaired) electrons. The lowest BCUT2D eigenvalue weighted by Crippen LogP contribution is -2.52. The zero-order valence-corrected chi connectivity index (χ0v) is 12.2. The lowest BCUT2D eigenvalue weighted by atomic mass is 9.90. The van der Waals surface area contributed by atoms with E-state index in [1.807, 2.05) is 18.2 Å². The van der Waals surface area contributed by atoms with Gasteiger partial charge in [0.25, 0.3) is 5.91 Å². The summed E-state index contributed by atoms with van der Waals surface area (Å²) in [6.07, 6.45) is 7.69. The van der Waals surface area contributed by atoms with E-state index in [0.29, 0.717) is 11.7 Å². The zero-order valence-electron chi connectivity index (χ0n) is 12.2. The molecule has 0 unspecified atom stereocenters. The quantitative estimate of drug-likeness (QED) is 0.813. The standard InChI is InChI=1S/C16H24N2O/c1-16(2,3)18(13-9-5-4-6-10-13)15(19)14-11-7-8-12-17-14/h7-8,11-13H,4-6,9-10H2,1-3H3. The van der Waals surface area contributed by atoms with Gasteiger partial charge in [-0.25, -0.2) is 0 Å². The summed E-state index contributed by atoms with van der Waals surface area (Å²) in [5.74, 6) is 0.0694. The second-order valence-corrected chi connectivity index (χ2v) is 6.35. The first kappa shape index (κ1) is 14.0. The zero-order chi connectivity index (χ0) is 13.9. The van der Waals surface area contributed by atoms with E-state index in [4.69, 9.17) is 0 Å². The van der Waals surface area contributed by atoms with Crippen molar-refractivity contribution in [3.05, 3.63) is 30.1 Å². The summed E-state index contributed by atoms with van der Waals surface area (Å²) in [5, 5.41) is 0. The Morgan fingerprint density at radius 3 is 2.42 bits per heavy atom. The van der Waals surface area contributed by atoms with E-state index in [1.54, 1.807) is 6.20 Å². The Labute approximate surface area is 116 Å². The maximum Gasteiger partial charge on any atom is 0.273 e.